The molecule has 0 aliphatic carbocycles. The second kappa shape index (κ2) is 15.6. The number of hydrogen-bond acceptors (Lipinski definition) is 8. The van der Waals surface area contributed by atoms with Gasteiger partial charge in [-0.3, -0.25) is 4.79 Å². The summed E-state index contributed by atoms with van der Waals surface area (Å²) in [6.07, 6.45) is 3.25. The number of esters is 1. The highest BCUT2D eigenvalue weighted by Gasteiger charge is 2.06. The van der Waals surface area contributed by atoms with E-state index < -0.39 is 0 Å². The average Bonchev–Trinajstić information content (AvgIpc) is 2.78. The van der Waals surface area contributed by atoms with Crippen molar-refractivity contribution in [2.24, 2.45) is 0 Å². The smallest absolute Gasteiger partial charge is 0.373 e. The Balaban J connectivity index is 0.00000161. The molecule has 0 spiro atoms. The number of hydrogen-bond donors (Lipinski definition) is 4. The van der Waals surface area contributed by atoms with Crippen LogP contribution >= 0.6 is 0 Å². The summed E-state index contributed by atoms with van der Waals surface area (Å²) in [6.45, 7) is 4.75. The number of methoxy groups -OCH3 is 1. The highest BCUT2D eigenvalue weighted by Crippen LogP contribution is 2.20. The minimum Gasteiger partial charge on any atom is -0.508 e. The highest BCUT2D eigenvalue weighted by atomic mass is 16.5. The zero-order chi connectivity index (χ0) is 23.8. The van der Waals surface area contributed by atoms with Gasteiger partial charge >= 0.3 is 12.1 Å². The molecule has 2 rings (SSSR count). The van der Waals surface area contributed by atoms with Gasteiger partial charge in [0.1, 0.15) is 11.5 Å². The first-order chi connectivity index (χ1) is 15.4. The Morgan fingerprint density at radius 2 is 1.38 bits per heavy atom. The van der Waals surface area contributed by atoms with Crippen LogP contribution in [0.5, 0.6) is 11.5 Å². The van der Waals surface area contributed by atoms with Gasteiger partial charge in [-0.1, -0.05) is 37.6 Å². The molecule has 8 heteroatoms. The zero-order valence-electron chi connectivity index (χ0n) is 18.6. The van der Waals surface area contributed by atoms with Gasteiger partial charge in [-0.15, -0.1) is 0 Å². The summed E-state index contributed by atoms with van der Waals surface area (Å²) < 4.78 is 4.66. The van der Waals surface area contributed by atoms with Crippen molar-refractivity contribution in [3.63, 3.8) is 0 Å². The number of nitrogens with one attached hydrogen (secondary N) is 2. The first kappa shape index (κ1) is 26.8. The minimum atomic E-state index is -0.241. The van der Waals surface area contributed by atoms with Crippen molar-refractivity contribution in [2.45, 2.75) is 45.7 Å². The maximum Gasteiger partial charge on any atom is 0.373 e. The summed E-state index contributed by atoms with van der Waals surface area (Å²) in [5.41, 5.74) is 3.94. The number of phenolic OH excluding ortho intramolecular Hbond substituents is 2. The van der Waals surface area contributed by atoms with Crippen molar-refractivity contribution in [3.8, 4) is 11.5 Å². The molecule has 0 aliphatic heterocycles. The third kappa shape index (κ3) is 10.2. The van der Waals surface area contributed by atoms with E-state index in [1.54, 1.807) is 12.1 Å². The van der Waals surface area contributed by atoms with Crippen molar-refractivity contribution < 1.29 is 29.3 Å². The van der Waals surface area contributed by atoms with Gasteiger partial charge < -0.3 is 25.6 Å². The van der Waals surface area contributed by atoms with Gasteiger partial charge in [-0.05, 0) is 36.1 Å². The first-order valence-electron chi connectivity index (χ1n) is 10.5. The topological polar surface area (TPSA) is 125 Å². The summed E-state index contributed by atoms with van der Waals surface area (Å²) in [7, 11) is 1.38. The second-order valence-corrected chi connectivity index (χ2v) is 7.19. The van der Waals surface area contributed by atoms with Gasteiger partial charge in [0, 0.05) is 43.7 Å². The Morgan fingerprint density at radius 3 is 1.81 bits per heavy atom. The molecule has 8 nitrogen and oxygen atoms in total. The second-order valence-electron chi connectivity index (χ2n) is 7.19. The Morgan fingerprint density at radius 1 is 0.906 bits per heavy atom. The highest BCUT2D eigenvalue weighted by molar-refractivity contribution is 5.69. The molecule has 0 unspecified atom stereocenters. The Bertz CT molecular complexity index is 879. The van der Waals surface area contributed by atoms with Gasteiger partial charge in [0.05, 0.1) is 7.11 Å². The molecular weight excluding hydrogens is 412 g/mol. The predicted octanol–water partition coefficient (Wildman–Crippen LogP) is 2.45. The molecule has 32 heavy (non-hydrogen) atoms. The number of carbonyl (C=O) groups excluding carboxylic acids is 3. The van der Waals surface area contributed by atoms with Crippen LogP contribution in [0.1, 0.15) is 42.0 Å². The van der Waals surface area contributed by atoms with Gasteiger partial charge in [0.15, 0.2) is 0 Å². The van der Waals surface area contributed by atoms with E-state index in [-0.39, 0.29) is 17.9 Å². The summed E-state index contributed by atoms with van der Waals surface area (Å²) in [5.74, 6) is 0.319. The van der Waals surface area contributed by atoms with Crippen molar-refractivity contribution in [1.82, 2.24) is 10.6 Å². The van der Waals surface area contributed by atoms with Crippen LogP contribution in [0.3, 0.4) is 0 Å². The van der Waals surface area contributed by atoms with Crippen LogP contribution in [0.4, 0.5) is 0 Å². The average molecular weight is 445 g/mol. The fourth-order valence-corrected chi connectivity index (χ4v) is 3.13. The lowest BCUT2D eigenvalue weighted by atomic mass is 10.1. The number of ether oxygens (including phenoxy) is 1. The fourth-order valence-electron chi connectivity index (χ4n) is 3.13. The molecule has 0 saturated carbocycles. The van der Waals surface area contributed by atoms with Crippen LogP contribution in [0, 0.1) is 0 Å². The van der Waals surface area contributed by atoms with E-state index in [0.29, 0.717) is 31.7 Å². The van der Waals surface area contributed by atoms with E-state index in [2.05, 4.69) is 28.4 Å². The number of rotatable bonds is 12. The lowest BCUT2D eigenvalue weighted by Crippen LogP contribution is -2.26. The molecule has 0 bridgehead atoms. The summed E-state index contributed by atoms with van der Waals surface area (Å²) in [5, 5.41) is 26.7. The minimum absolute atomic E-state index is 0.241. The number of phenols is 2. The van der Waals surface area contributed by atoms with E-state index in [9.17, 15) is 15.0 Å². The quantitative estimate of drug-likeness (QED) is 0.291. The van der Waals surface area contributed by atoms with Crippen LogP contribution in [0.2, 0.25) is 0 Å². The Labute approximate surface area is 188 Å². The molecular formula is C24H32N2O6. The number of aryl methyl sites for hydroxylation is 2. The summed E-state index contributed by atoms with van der Waals surface area (Å²) >= 11 is 0. The van der Waals surface area contributed by atoms with Crippen LogP contribution in [-0.4, -0.2) is 42.5 Å². The number of carbonyl (C=O) groups is 1. The molecule has 0 fully saturated rings. The van der Waals surface area contributed by atoms with E-state index in [1.165, 1.54) is 12.7 Å². The molecule has 0 heterocycles. The molecule has 0 aliphatic rings. The van der Waals surface area contributed by atoms with Crippen molar-refractivity contribution in [1.29, 1.82) is 0 Å². The molecule has 0 atom stereocenters. The molecule has 0 aromatic heterocycles. The van der Waals surface area contributed by atoms with Gasteiger partial charge in [0.2, 0.25) is 0 Å². The monoisotopic (exact) mass is 444 g/mol. The lowest BCUT2D eigenvalue weighted by molar-refractivity contribution is -0.191. The van der Waals surface area contributed by atoms with Crippen molar-refractivity contribution in [3.05, 3.63) is 58.7 Å². The van der Waals surface area contributed by atoms with E-state index in [0.717, 1.165) is 42.6 Å². The van der Waals surface area contributed by atoms with Crippen molar-refractivity contribution in [2.75, 3.05) is 20.2 Å². The molecule has 0 saturated heterocycles. The van der Waals surface area contributed by atoms with Crippen LogP contribution in [-0.2, 0) is 45.1 Å². The SMILES string of the molecule is CCCc1ccc(O)c(CNCCNCc2cc(CCC(=O)OC)ccc2O)c1.O=C=O. The molecule has 174 valence electrons. The third-order valence-electron chi connectivity index (χ3n) is 4.78. The molecule has 2 aromatic rings. The maximum absolute atomic E-state index is 11.3. The zero-order valence-corrected chi connectivity index (χ0v) is 18.6. The fraction of sp³-hybridized carbons (Fsp3) is 0.417. The summed E-state index contributed by atoms with van der Waals surface area (Å²) in [6, 6.07) is 11.2. The van der Waals surface area contributed by atoms with Crippen LogP contribution < -0.4 is 10.6 Å². The van der Waals surface area contributed by atoms with Crippen molar-refractivity contribution >= 4 is 12.1 Å². The molecule has 2 aromatic carbocycles. The largest absolute Gasteiger partial charge is 0.508 e. The third-order valence-corrected chi connectivity index (χ3v) is 4.78. The van der Waals surface area contributed by atoms with Gasteiger partial charge in [-0.25, -0.2) is 0 Å². The Hall–Kier alpha value is -3.19. The first-order valence-corrected chi connectivity index (χ1v) is 10.5. The van der Waals surface area contributed by atoms with E-state index >= 15 is 0 Å². The number of benzene rings is 2. The van der Waals surface area contributed by atoms with E-state index in [1.807, 2.05) is 18.2 Å². The molecule has 0 radical (unpaired) electrons. The lowest BCUT2D eigenvalue weighted by Gasteiger charge is -2.11. The van der Waals surface area contributed by atoms with Gasteiger partial charge in [0.25, 0.3) is 0 Å². The predicted molar refractivity (Wildman–Crippen MR) is 119 cm³/mol. The standard InChI is InChI=1S/C23H32N2O4.CO2/c1-3-4-17-5-8-21(26)19(13-17)15-24-11-12-25-16-20-14-18(6-9-22(20)27)7-10-23(28)29-2;2-1-3/h5-6,8-9,13-14,24-27H,3-4,7,10-12,15-16H2,1-2H3;. The maximum atomic E-state index is 11.3. The van der Waals surface area contributed by atoms with Crippen LogP contribution in [0.15, 0.2) is 36.4 Å². The van der Waals surface area contributed by atoms with E-state index in [4.69, 9.17) is 9.59 Å². The number of aromatic hydroxyl groups is 2. The van der Waals surface area contributed by atoms with Gasteiger partial charge in [-0.2, -0.15) is 9.59 Å². The summed E-state index contributed by atoms with van der Waals surface area (Å²) in [4.78, 5) is 27.5. The Kier molecular flexibility index (Phi) is 13.1. The molecule has 0 amide bonds. The normalized spacial score (nSPS) is 10.1. The van der Waals surface area contributed by atoms with Crippen LogP contribution in [0.25, 0.3) is 0 Å². The molecule has 4 N–H and O–H groups in total.